The number of nitrogens with two attached hydrogens (primary N) is 2. The number of carbonyl (C=O) groups excluding carboxylic acids is 2. The van der Waals surface area contributed by atoms with Crippen LogP contribution in [-0.2, 0) is 25.6 Å². The number of aromatic hydroxyl groups is 1. The van der Waals surface area contributed by atoms with Crippen LogP contribution in [0.15, 0.2) is 28.1 Å². The molecule has 15 heteroatoms. The third-order valence-corrected chi connectivity index (χ3v) is 8.07. The molecule has 0 bridgehead atoms. The number of aliphatic hydroxyl groups excluding tert-OH is 3. The maximum absolute atomic E-state index is 14.2. The van der Waals surface area contributed by atoms with E-state index in [0.717, 1.165) is 7.11 Å². The molecule has 0 aliphatic heterocycles. The van der Waals surface area contributed by atoms with Crippen molar-refractivity contribution in [2.45, 2.75) is 43.7 Å². The molecule has 1 unspecified atom stereocenters. The molecule has 1 amide bonds. The highest BCUT2D eigenvalue weighted by Gasteiger charge is 2.66. The topological polar surface area (TPSA) is 201 Å². The van der Waals surface area contributed by atoms with Gasteiger partial charge in [-0.05, 0) is 51.4 Å². The van der Waals surface area contributed by atoms with Crippen molar-refractivity contribution in [2.75, 3.05) is 33.5 Å². The van der Waals surface area contributed by atoms with Crippen molar-refractivity contribution in [3.05, 3.63) is 39.7 Å². The van der Waals surface area contributed by atoms with Gasteiger partial charge >= 0.3 is 6.18 Å². The van der Waals surface area contributed by atoms with Crippen molar-refractivity contribution in [2.24, 2.45) is 22.7 Å². The summed E-state index contributed by atoms with van der Waals surface area (Å²) in [6, 6.07) is 0.265. The predicted molar refractivity (Wildman–Crippen MR) is 139 cm³/mol. The quantitative estimate of drug-likeness (QED) is 0.122. The summed E-state index contributed by atoms with van der Waals surface area (Å²) in [5, 5.41) is 48.1. The number of hydrogen-bond donors (Lipinski definition) is 6. The lowest BCUT2D eigenvalue weighted by Gasteiger charge is -2.54. The van der Waals surface area contributed by atoms with E-state index >= 15 is 0 Å². The lowest BCUT2D eigenvalue weighted by Crippen LogP contribution is -2.69. The van der Waals surface area contributed by atoms with Gasteiger partial charge < -0.3 is 41.5 Å². The van der Waals surface area contributed by atoms with Gasteiger partial charge in [-0.15, -0.1) is 0 Å². The van der Waals surface area contributed by atoms with Crippen molar-refractivity contribution in [3.8, 4) is 5.75 Å². The fourth-order valence-corrected chi connectivity index (χ4v) is 6.42. The number of oxime groups is 1. The number of phenols is 1. The first kappa shape index (κ1) is 30.1. The third-order valence-electron chi connectivity index (χ3n) is 8.07. The molecule has 1 fully saturated rings. The van der Waals surface area contributed by atoms with Crippen molar-refractivity contribution in [1.82, 2.24) is 4.90 Å². The van der Waals surface area contributed by atoms with Crippen LogP contribution < -0.4 is 11.5 Å². The Hall–Kier alpha value is -3.82. The number of nitrogens with zero attached hydrogens (tertiary/aromatic N) is 2. The number of hydrogen-bond acceptors (Lipinski definition) is 11. The smallest absolute Gasteiger partial charge is 0.425 e. The number of nitrogen functional groups attached to an aromatic ring is 1. The molecule has 0 heterocycles. The minimum absolute atomic E-state index is 0.0184. The molecular formula is C26H31F3N4O8. The third kappa shape index (κ3) is 4.57. The lowest BCUT2D eigenvalue weighted by molar-refractivity contribution is -0.179. The molecule has 0 radical (unpaired) electrons. The van der Waals surface area contributed by atoms with Gasteiger partial charge in [-0.2, -0.15) is 13.2 Å². The van der Waals surface area contributed by atoms with Gasteiger partial charge in [0, 0.05) is 24.2 Å². The summed E-state index contributed by atoms with van der Waals surface area (Å²) in [7, 11) is 4.31. The van der Waals surface area contributed by atoms with Gasteiger partial charge in [-0.1, -0.05) is 5.16 Å². The number of methoxy groups -OCH3 is 1. The molecule has 8 N–H and O–H groups in total. The van der Waals surface area contributed by atoms with E-state index in [0.29, 0.717) is 0 Å². The van der Waals surface area contributed by atoms with Gasteiger partial charge in [-0.25, -0.2) is 0 Å². The molecule has 3 aliphatic carbocycles. The second-order valence-electron chi connectivity index (χ2n) is 10.6. The number of ether oxygens (including phenoxy) is 1. The van der Waals surface area contributed by atoms with E-state index in [4.69, 9.17) is 16.2 Å². The van der Waals surface area contributed by atoms with Crippen LogP contribution in [-0.4, -0.2) is 94.5 Å². The van der Waals surface area contributed by atoms with Crippen LogP contribution in [0.5, 0.6) is 5.75 Å². The van der Waals surface area contributed by atoms with E-state index in [1.54, 1.807) is 14.1 Å². The number of anilines is 1. The number of halogens is 3. The molecule has 0 aromatic heterocycles. The van der Waals surface area contributed by atoms with E-state index in [1.165, 1.54) is 17.9 Å². The molecule has 1 aromatic carbocycles. The molecule has 0 spiro atoms. The first-order valence-electron chi connectivity index (χ1n) is 12.5. The standard InChI is InChI=1S/C26H31F3N4O8/c1-9(32-41-8-25(27,28)29)11-7-14(30)19(34)16-12(11)5-10-6-13-18(33(2)3)21(36)17(24(31)39)23(38)26(13,40-4)22(37)15(10)20(16)35/h7,10,13,18,23,34-36,38H,5-6,8,30H2,1-4H3,(H2,31,39)/b32-9-/t10-,13-,18+,23?,26-/m0/s1. The number of rotatable bonds is 6. The van der Waals surface area contributed by atoms with Crippen molar-refractivity contribution >= 4 is 28.8 Å². The Morgan fingerprint density at radius 1 is 1.27 bits per heavy atom. The molecule has 1 aromatic rings. The summed E-state index contributed by atoms with van der Waals surface area (Å²) in [5.74, 6) is -5.57. The molecule has 12 nitrogen and oxygen atoms in total. The summed E-state index contributed by atoms with van der Waals surface area (Å²) in [6.07, 6.45) is -6.62. The predicted octanol–water partition coefficient (Wildman–Crippen LogP) is 1.30. The van der Waals surface area contributed by atoms with Gasteiger partial charge in [0.2, 0.25) is 6.61 Å². The first-order valence-corrected chi connectivity index (χ1v) is 12.5. The van der Waals surface area contributed by atoms with Crippen LogP contribution >= 0.6 is 0 Å². The maximum Gasteiger partial charge on any atom is 0.425 e. The largest absolute Gasteiger partial charge is 0.510 e. The Morgan fingerprint density at radius 2 is 1.90 bits per heavy atom. The lowest BCUT2D eigenvalue weighted by atomic mass is 9.56. The summed E-state index contributed by atoms with van der Waals surface area (Å²) in [6.45, 7) is -0.291. The summed E-state index contributed by atoms with van der Waals surface area (Å²) >= 11 is 0. The van der Waals surface area contributed by atoms with Gasteiger partial charge in [0.15, 0.2) is 11.4 Å². The van der Waals surface area contributed by atoms with Gasteiger partial charge in [0.1, 0.15) is 23.4 Å². The summed E-state index contributed by atoms with van der Waals surface area (Å²) in [4.78, 5) is 32.5. The number of fused-ring (bicyclic) bond motifs is 3. The van der Waals surface area contributed by atoms with Crippen LogP contribution in [0.1, 0.15) is 30.0 Å². The average molecular weight is 585 g/mol. The van der Waals surface area contributed by atoms with Crippen LogP contribution in [0.4, 0.5) is 18.9 Å². The molecule has 0 saturated heterocycles. The zero-order chi connectivity index (χ0) is 30.8. The highest BCUT2D eigenvalue weighted by Crippen LogP contribution is 2.55. The second kappa shape index (κ2) is 10.2. The van der Waals surface area contributed by atoms with Gasteiger partial charge in [-0.3, -0.25) is 14.5 Å². The molecule has 3 aliphatic rings. The van der Waals surface area contributed by atoms with Gasteiger partial charge in [0.25, 0.3) is 5.91 Å². The molecule has 224 valence electrons. The van der Waals surface area contributed by atoms with Gasteiger partial charge in [0.05, 0.1) is 28.6 Å². The van der Waals surface area contributed by atoms with E-state index in [1.807, 2.05) is 0 Å². The number of carbonyl (C=O) groups is 2. The molecular weight excluding hydrogens is 553 g/mol. The molecule has 5 atom stereocenters. The van der Waals surface area contributed by atoms with Crippen molar-refractivity contribution in [3.63, 3.8) is 0 Å². The number of primary amides is 1. The average Bonchev–Trinajstić information content (AvgIpc) is 2.84. The Balaban J connectivity index is 1.92. The van der Waals surface area contributed by atoms with E-state index in [-0.39, 0.29) is 46.5 Å². The minimum atomic E-state index is -4.63. The number of amides is 1. The number of alkyl halides is 3. The van der Waals surface area contributed by atoms with Crippen LogP contribution in [0.25, 0.3) is 5.76 Å². The number of aliphatic hydroxyl groups is 3. The normalized spacial score (nSPS) is 28.4. The Kier molecular flexibility index (Phi) is 7.52. The summed E-state index contributed by atoms with van der Waals surface area (Å²) in [5.41, 5.74) is 8.32. The van der Waals surface area contributed by atoms with Crippen molar-refractivity contribution in [1.29, 1.82) is 0 Å². The Bertz CT molecular complexity index is 1400. The Labute approximate surface area is 232 Å². The number of benzene rings is 1. The first-order chi connectivity index (χ1) is 19.0. The monoisotopic (exact) mass is 584 g/mol. The zero-order valence-electron chi connectivity index (χ0n) is 22.6. The highest BCUT2D eigenvalue weighted by atomic mass is 19.4. The Morgan fingerprint density at radius 3 is 2.44 bits per heavy atom. The number of likely N-dealkylation sites (N-methyl/N-ethyl adjacent to an activating group) is 1. The van der Waals surface area contributed by atoms with Crippen LogP contribution in [0.2, 0.25) is 0 Å². The van der Waals surface area contributed by atoms with Crippen molar-refractivity contribution < 1.29 is 52.8 Å². The van der Waals surface area contributed by atoms with Crippen LogP contribution in [0.3, 0.4) is 0 Å². The summed E-state index contributed by atoms with van der Waals surface area (Å²) < 4.78 is 43.4. The number of phenolic OH excluding ortho intramolecular Hbond substituents is 1. The van der Waals surface area contributed by atoms with E-state index in [2.05, 4.69) is 9.99 Å². The highest BCUT2D eigenvalue weighted by molar-refractivity contribution is 6.12. The fourth-order valence-electron chi connectivity index (χ4n) is 6.42. The molecule has 4 rings (SSSR count). The van der Waals surface area contributed by atoms with E-state index < -0.39 is 76.9 Å². The number of Topliss-reactive ketones (excluding diaryl/α,β-unsaturated/α-hetero) is 1. The van der Waals surface area contributed by atoms with Crippen LogP contribution in [0, 0.1) is 11.8 Å². The molecule has 41 heavy (non-hydrogen) atoms. The maximum atomic E-state index is 14.2. The zero-order valence-corrected chi connectivity index (χ0v) is 22.6. The minimum Gasteiger partial charge on any atom is -0.510 e. The molecule has 1 saturated carbocycles. The SMILES string of the molecule is CO[C@]12C(=O)C3=C(O)c4c(O)c(N)cc(/C(C)=N\OCC(F)(F)F)c4C[C@H]3C[C@H]1[C@@H](N(C)C)C(O)=C(C(N)=O)C2O. The fraction of sp³-hybridized carbons (Fsp3) is 0.500. The number of ketones is 1. The second-order valence-corrected chi connectivity index (χ2v) is 10.6. The van der Waals surface area contributed by atoms with E-state index in [9.17, 15) is 43.2 Å².